The van der Waals surface area contributed by atoms with Crippen LogP contribution in [0.5, 0.6) is 0 Å². The van der Waals surface area contributed by atoms with Crippen LogP contribution in [0.1, 0.15) is 50.6 Å². The molecule has 116 valence electrons. The number of hydrogen-bond donors (Lipinski definition) is 1. The molecule has 2 nitrogen and oxygen atoms in total. The minimum absolute atomic E-state index is 0.0143. The molecular weight excluding hydrogens is 272 g/mol. The van der Waals surface area contributed by atoms with E-state index in [-0.39, 0.29) is 11.6 Å². The van der Waals surface area contributed by atoms with Crippen LogP contribution in [-0.4, -0.2) is 18.8 Å². The molecule has 0 bridgehead atoms. The fourth-order valence-corrected chi connectivity index (χ4v) is 3.78. The zero-order valence-corrected chi connectivity index (χ0v) is 12.5. The van der Waals surface area contributed by atoms with Gasteiger partial charge in [-0.1, -0.05) is 19.1 Å². The van der Waals surface area contributed by atoms with Crippen molar-refractivity contribution < 1.29 is 13.5 Å². The van der Waals surface area contributed by atoms with Gasteiger partial charge in [-0.2, -0.15) is 0 Å². The van der Waals surface area contributed by atoms with Crippen LogP contribution in [0.2, 0.25) is 0 Å². The Balaban J connectivity index is 1.85. The lowest BCUT2D eigenvalue weighted by Gasteiger charge is -2.49. The van der Waals surface area contributed by atoms with Crippen LogP contribution < -0.4 is 5.32 Å². The second kappa shape index (κ2) is 6.01. The van der Waals surface area contributed by atoms with Crippen molar-refractivity contribution in [3.8, 4) is 0 Å². The SMILES string of the molecule is CCNC(c1cccc(F)c1F)C1CCOC2(CCC2)C1. The van der Waals surface area contributed by atoms with Crippen molar-refractivity contribution in [1.29, 1.82) is 0 Å². The highest BCUT2D eigenvalue weighted by molar-refractivity contribution is 5.24. The van der Waals surface area contributed by atoms with Gasteiger partial charge in [0.2, 0.25) is 0 Å². The lowest BCUT2D eigenvalue weighted by atomic mass is 9.69. The lowest BCUT2D eigenvalue weighted by Crippen LogP contribution is -2.48. The van der Waals surface area contributed by atoms with E-state index >= 15 is 0 Å². The first-order chi connectivity index (χ1) is 10.2. The second-order valence-electron chi connectivity index (χ2n) is 6.32. The third-order valence-electron chi connectivity index (χ3n) is 5.01. The number of halogens is 2. The normalized spacial score (nSPS) is 25.6. The van der Waals surface area contributed by atoms with Crippen LogP contribution in [0.4, 0.5) is 8.78 Å². The highest BCUT2D eigenvalue weighted by Crippen LogP contribution is 2.47. The minimum Gasteiger partial charge on any atom is -0.375 e. The molecule has 1 aromatic carbocycles. The topological polar surface area (TPSA) is 21.3 Å². The van der Waals surface area contributed by atoms with Crippen LogP contribution in [-0.2, 0) is 4.74 Å². The fraction of sp³-hybridized carbons (Fsp3) is 0.647. The highest BCUT2D eigenvalue weighted by Gasteiger charge is 2.44. The van der Waals surface area contributed by atoms with E-state index in [1.807, 2.05) is 6.92 Å². The molecule has 3 rings (SSSR count). The number of nitrogens with one attached hydrogen (secondary N) is 1. The molecule has 1 heterocycles. The molecule has 1 aromatic rings. The summed E-state index contributed by atoms with van der Waals surface area (Å²) in [6.45, 7) is 3.47. The molecule has 1 aliphatic carbocycles. The third kappa shape index (κ3) is 2.84. The summed E-state index contributed by atoms with van der Waals surface area (Å²) in [6.07, 6.45) is 5.27. The molecule has 2 aliphatic rings. The molecule has 2 unspecified atom stereocenters. The molecule has 21 heavy (non-hydrogen) atoms. The maximum atomic E-state index is 14.2. The van der Waals surface area contributed by atoms with E-state index in [1.54, 1.807) is 12.1 Å². The molecule has 1 saturated carbocycles. The largest absolute Gasteiger partial charge is 0.375 e. The molecule has 2 fully saturated rings. The molecule has 4 heteroatoms. The van der Waals surface area contributed by atoms with Gasteiger partial charge >= 0.3 is 0 Å². The zero-order valence-electron chi connectivity index (χ0n) is 12.5. The van der Waals surface area contributed by atoms with Gasteiger partial charge < -0.3 is 10.1 Å². The number of benzene rings is 1. The first-order valence-electron chi connectivity index (χ1n) is 7.96. The Labute approximate surface area is 124 Å². The molecule has 2 atom stereocenters. The van der Waals surface area contributed by atoms with Crippen molar-refractivity contribution in [2.45, 2.75) is 50.7 Å². The Kier molecular flexibility index (Phi) is 4.27. The molecule has 1 saturated heterocycles. The summed E-state index contributed by atoms with van der Waals surface area (Å²) in [5.74, 6) is -1.17. The van der Waals surface area contributed by atoms with Gasteiger partial charge in [0, 0.05) is 18.2 Å². The Morgan fingerprint density at radius 1 is 1.38 bits per heavy atom. The fourth-order valence-electron chi connectivity index (χ4n) is 3.78. The van der Waals surface area contributed by atoms with Crippen molar-refractivity contribution >= 4 is 0 Å². The van der Waals surface area contributed by atoms with Crippen molar-refractivity contribution in [2.24, 2.45) is 5.92 Å². The lowest BCUT2D eigenvalue weighted by molar-refractivity contribution is -0.147. The van der Waals surface area contributed by atoms with Crippen LogP contribution >= 0.6 is 0 Å². The van der Waals surface area contributed by atoms with Crippen molar-refractivity contribution in [3.63, 3.8) is 0 Å². The average molecular weight is 295 g/mol. The maximum Gasteiger partial charge on any atom is 0.163 e. The van der Waals surface area contributed by atoms with Gasteiger partial charge in [-0.15, -0.1) is 0 Å². The summed E-state index contributed by atoms with van der Waals surface area (Å²) in [5, 5.41) is 3.36. The minimum atomic E-state index is -0.763. The molecule has 0 amide bonds. The predicted octanol–water partition coefficient (Wildman–Crippen LogP) is 3.96. The van der Waals surface area contributed by atoms with Gasteiger partial charge in [0.15, 0.2) is 11.6 Å². The summed E-state index contributed by atoms with van der Waals surface area (Å²) in [5.41, 5.74) is 0.471. The highest BCUT2D eigenvalue weighted by atomic mass is 19.2. The summed E-state index contributed by atoms with van der Waals surface area (Å²) in [4.78, 5) is 0. The van der Waals surface area contributed by atoms with E-state index in [0.717, 1.165) is 38.8 Å². The Hall–Kier alpha value is -1.00. The quantitative estimate of drug-likeness (QED) is 0.907. The Bertz CT molecular complexity index is 502. The summed E-state index contributed by atoms with van der Waals surface area (Å²) in [6, 6.07) is 4.34. The zero-order chi connectivity index (χ0) is 14.9. The Morgan fingerprint density at radius 3 is 2.86 bits per heavy atom. The van der Waals surface area contributed by atoms with Gasteiger partial charge in [0.05, 0.1) is 5.60 Å². The standard InChI is InChI=1S/C17H23F2NO/c1-2-20-16(13-5-3-6-14(18)15(13)19)12-7-10-21-17(11-12)8-4-9-17/h3,5-6,12,16,20H,2,4,7-11H2,1H3. The first-order valence-corrected chi connectivity index (χ1v) is 7.96. The maximum absolute atomic E-state index is 14.2. The van der Waals surface area contributed by atoms with E-state index < -0.39 is 11.6 Å². The van der Waals surface area contributed by atoms with E-state index in [4.69, 9.17) is 4.74 Å². The monoisotopic (exact) mass is 295 g/mol. The molecule has 0 aromatic heterocycles. The molecular formula is C17H23F2NO. The third-order valence-corrected chi connectivity index (χ3v) is 5.01. The summed E-state index contributed by atoms with van der Waals surface area (Å²) < 4.78 is 33.7. The van der Waals surface area contributed by atoms with Gasteiger partial charge in [-0.3, -0.25) is 0 Å². The first kappa shape index (κ1) is 14.9. The Morgan fingerprint density at radius 2 is 2.19 bits per heavy atom. The molecule has 1 aliphatic heterocycles. The summed E-state index contributed by atoms with van der Waals surface area (Å²) in [7, 11) is 0. The predicted molar refractivity (Wildman–Crippen MR) is 78.0 cm³/mol. The molecule has 1 N–H and O–H groups in total. The number of ether oxygens (including phenoxy) is 1. The molecule has 0 radical (unpaired) electrons. The van der Waals surface area contributed by atoms with Gasteiger partial charge in [0.1, 0.15) is 0 Å². The average Bonchev–Trinajstić information content (AvgIpc) is 2.47. The van der Waals surface area contributed by atoms with Crippen LogP contribution in [0.25, 0.3) is 0 Å². The molecule has 1 spiro atoms. The van der Waals surface area contributed by atoms with E-state index in [9.17, 15) is 8.78 Å². The van der Waals surface area contributed by atoms with E-state index in [0.29, 0.717) is 11.5 Å². The van der Waals surface area contributed by atoms with Crippen molar-refractivity contribution in [3.05, 3.63) is 35.4 Å². The van der Waals surface area contributed by atoms with Gasteiger partial charge in [0.25, 0.3) is 0 Å². The van der Waals surface area contributed by atoms with Crippen LogP contribution in [0.3, 0.4) is 0 Å². The van der Waals surface area contributed by atoms with Gasteiger partial charge in [-0.25, -0.2) is 8.78 Å². The van der Waals surface area contributed by atoms with Crippen molar-refractivity contribution in [1.82, 2.24) is 5.32 Å². The van der Waals surface area contributed by atoms with Crippen molar-refractivity contribution in [2.75, 3.05) is 13.2 Å². The van der Waals surface area contributed by atoms with Crippen LogP contribution in [0, 0.1) is 17.6 Å². The van der Waals surface area contributed by atoms with Gasteiger partial charge in [-0.05, 0) is 50.6 Å². The second-order valence-corrected chi connectivity index (χ2v) is 6.32. The smallest absolute Gasteiger partial charge is 0.163 e. The summed E-state index contributed by atoms with van der Waals surface area (Å²) >= 11 is 0. The van der Waals surface area contributed by atoms with Crippen LogP contribution in [0.15, 0.2) is 18.2 Å². The number of hydrogen-bond acceptors (Lipinski definition) is 2. The number of rotatable bonds is 4. The van der Waals surface area contributed by atoms with E-state index in [1.165, 1.54) is 12.5 Å². The van der Waals surface area contributed by atoms with E-state index in [2.05, 4.69) is 5.32 Å².